The summed E-state index contributed by atoms with van der Waals surface area (Å²) in [4.78, 5) is 41.7. The Kier molecular flexibility index (Phi) is 8.68. The zero-order valence-electron chi connectivity index (χ0n) is 24.4. The third-order valence-corrected chi connectivity index (χ3v) is 9.84. The van der Waals surface area contributed by atoms with Crippen molar-refractivity contribution in [3.63, 3.8) is 0 Å². The standard InChI is InChI=1S/C33H34ClNO7S/c1-21-18-27(23-7-5-8-25(19-23)43(3,39)40)28(34)20-26(21)30-31(37)33(42-32(30)38)14-16-35(17-15-33)29(36)9-4-6-22-10-12-24(41-2)13-11-22/h5,7-8,10-13,18-20,30H,4,6,9,14-17H2,1-3H3. The normalized spacial score (nSPS) is 18.1. The number of benzene rings is 3. The Bertz CT molecular complexity index is 1680. The molecule has 0 saturated carbocycles. The topological polar surface area (TPSA) is 107 Å². The number of sulfone groups is 1. The molecular formula is C33H34ClNO7S. The van der Waals surface area contributed by atoms with E-state index in [9.17, 15) is 22.8 Å². The highest BCUT2D eigenvalue weighted by atomic mass is 35.5. The van der Waals surface area contributed by atoms with Gasteiger partial charge < -0.3 is 14.4 Å². The maximum absolute atomic E-state index is 13.7. The molecule has 5 rings (SSSR count). The van der Waals surface area contributed by atoms with Crippen molar-refractivity contribution in [3.8, 4) is 16.9 Å². The Morgan fingerprint density at radius 1 is 1.07 bits per heavy atom. The quantitative estimate of drug-likeness (QED) is 0.247. The zero-order chi connectivity index (χ0) is 30.9. The maximum Gasteiger partial charge on any atom is 0.322 e. The summed E-state index contributed by atoms with van der Waals surface area (Å²) >= 11 is 6.64. The molecule has 1 unspecified atom stereocenters. The molecule has 0 bridgehead atoms. The van der Waals surface area contributed by atoms with Crippen molar-refractivity contribution >= 4 is 39.1 Å². The summed E-state index contributed by atoms with van der Waals surface area (Å²) in [5, 5.41) is 0.294. The van der Waals surface area contributed by atoms with Crippen LogP contribution in [0.3, 0.4) is 0 Å². The molecule has 1 spiro atoms. The van der Waals surface area contributed by atoms with Gasteiger partial charge in [-0.1, -0.05) is 35.9 Å². The molecule has 2 fully saturated rings. The first-order valence-corrected chi connectivity index (χ1v) is 16.5. The summed E-state index contributed by atoms with van der Waals surface area (Å²) in [6, 6.07) is 17.6. The number of aryl methyl sites for hydroxylation is 2. The second kappa shape index (κ2) is 12.1. The molecule has 2 saturated heterocycles. The number of piperidine rings is 1. The first-order valence-electron chi connectivity index (χ1n) is 14.2. The van der Waals surface area contributed by atoms with Crippen LogP contribution in [0, 0.1) is 6.92 Å². The lowest BCUT2D eigenvalue weighted by Crippen LogP contribution is -2.50. The van der Waals surface area contributed by atoms with Gasteiger partial charge in [0.15, 0.2) is 21.2 Å². The van der Waals surface area contributed by atoms with Crippen LogP contribution in [-0.4, -0.2) is 63.0 Å². The molecule has 0 radical (unpaired) electrons. The summed E-state index contributed by atoms with van der Waals surface area (Å²) in [5.41, 5.74) is 2.22. The molecule has 1 amide bonds. The number of Topliss-reactive ketones (excluding diaryl/α,β-unsaturated/α-hetero) is 1. The van der Waals surface area contributed by atoms with Crippen LogP contribution in [0.25, 0.3) is 11.1 Å². The van der Waals surface area contributed by atoms with Crippen LogP contribution in [0.4, 0.5) is 0 Å². The molecule has 3 aromatic carbocycles. The Morgan fingerprint density at radius 2 is 1.77 bits per heavy atom. The number of carbonyl (C=O) groups excluding carboxylic acids is 3. The first kappa shape index (κ1) is 30.8. The molecule has 10 heteroatoms. The van der Waals surface area contributed by atoms with Gasteiger partial charge in [-0.3, -0.25) is 14.4 Å². The molecule has 226 valence electrons. The number of carbonyl (C=O) groups is 3. The summed E-state index contributed by atoms with van der Waals surface area (Å²) in [7, 11) is -1.79. The first-order chi connectivity index (χ1) is 20.4. The number of ether oxygens (including phenoxy) is 2. The van der Waals surface area contributed by atoms with Gasteiger partial charge in [0.1, 0.15) is 11.7 Å². The predicted molar refractivity (Wildman–Crippen MR) is 163 cm³/mol. The highest BCUT2D eigenvalue weighted by Gasteiger charge is 2.57. The molecule has 0 N–H and O–H groups in total. The van der Waals surface area contributed by atoms with E-state index in [0.717, 1.165) is 24.0 Å². The lowest BCUT2D eigenvalue weighted by atomic mass is 9.80. The molecule has 2 aliphatic heterocycles. The number of methoxy groups -OCH3 is 1. The third kappa shape index (κ3) is 6.33. The van der Waals surface area contributed by atoms with Crippen LogP contribution in [0.15, 0.2) is 65.6 Å². The molecule has 2 aliphatic rings. The van der Waals surface area contributed by atoms with E-state index < -0.39 is 27.3 Å². The van der Waals surface area contributed by atoms with E-state index in [1.165, 1.54) is 6.07 Å². The molecule has 1 atom stereocenters. The van der Waals surface area contributed by atoms with Crippen molar-refractivity contribution < 1.29 is 32.3 Å². The fourth-order valence-corrected chi connectivity index (χ4v) is 6.87. The number of hydrogen-bond donors (Lipinski definition) is 0. The summed E-state index contributed by atoms with van der Waals surface area (Å²) < 4.78 is 35.0. The zero-order valence-corrected chi connectivity index (χ0v) is 26.0. The van der Waals surface area contributed by atoms with Gasteiger partial charge >= 0.3 is 5.97 Å². The van der Waals surface area contributed by atoms with Crippen molar-refractivity contribution in [2.45, 2.75) is 55.4 Å². The van der Waals surface area contributed by atoms with Gasteiger partial charge in [0.25, 0.3) is 0 Å². The van der Waals surface area contributed by atoms with E-state index in [2.05, 4.69) is 0 Å². The van der Waals surface area contributed by atoms with Crippen molar-refractivity contribution in [2.75, 3.05) is 26.5 Å². The fraction of sp³-hybridized carbons (Fsp3) is 0.364. The minimum Gasteiger partial charge on any atom is -0.497 e. The highest BCUT2D eigenvalue weighted by molar-refractivity contribution is 7.90. The Morgan fingerprint density at radius 3 is 2.42 bits per heavy atom. The van der Waals surface area contributed by atoms with E-state index in [1.807, 2.05) is 24.3 Å². The monoisotopic (exact) mass is 623 g/mol. The second-order valence-electron chi connectivity index (χ2n) is 11.3. The van der Waals surface area contributed by atoms with Crippen LogP contribution in [0.1, 0.15) is 48.3 Å². The van der Waals surface area contributed by atoms with Crippen LogP contribution >= 0.6 is 11.6 Å². The highest BCUT2D eigenvalue weighted by Crippen LogP contribution is 2.43. The van der Waals surface area contributed by atoms with E-state index in [-0.39, 0.29) is 29.4 Å². The number of amides is 1. The van der Waals surface area contributed by atoms with Gasteiger partial charge in [-0.25, -0.2) is 8.42 Å². The van der Waals surface area contributed by atoms with Gasteiger partial charge in [-0.2, -0.15) is 0 Å². The van der Waals surface area contributed by atoms with Gasteiger partial charge in [-0.15, -0.1) is 0 Å². The Balaban J connectivity index is 1.24. The van der Waals surface area contributed by atoms with Crippen LogP contribution in [0.5, 0.6) is 5.75 Å². The van der Waals surface area contributed by atoms with Crippen molar-refractivity contribution in [2.24, 2.45) is 0 Å². The van der Waals surface area contributed by atoms with Crippen LogP contribution in [0.2, 0.25) is 5.02 Å². The minimum absolute atomic E-state index is 0.0230. The minimum atomic E-state index is -3.41. The number of halogens is 1. The van der Waals surface area contributed by atoms with E-state index in [1.54, 1.807) is 49.3 Å². The molecule has 0 aliphatic carbocycles. The molecule has 2 heterocycles. The Hall–Kier alpha value is -3.69. The molecule has 3 aromatic rings. The van der Waals surface area contributed by atoms with Crippen LogP contribution in [-0.2, 0) is 35.4 Å². The summed E-state index contributed by atoms with van der Waals surface area (Å²) in [6.45, 7) is 2.46. The Labute approximate surface area is 256 Å². The molecule has 8 nitrogen and oxygen atoms in total. The number of esters is 1. The summed E-state index contributed by atoms with van der Waals surface area (Å²) in [5.74, 6) is -1.22. The predicted octanol–water partition coefficient (Wildman–Crippen LogP) is 5.32. The number of hydrogen-bond acceptors (Lipinski definition) is 7. The number of rotatable bonds is 8. The second-order valence-corrected chi connectivity index (χ2v) is 13.7. The van der Waals surface area contributed by atoms with E-state index in [4.69, 9.17) is 21.1 Å². The lowest BCUT2D eigenvalue weighted by Gasteiger charge is -2.37. The number of nitrogens with zero attached hydrogens (tertiary/aromatic N) is 1. The maximum atomic E-state index is 13.7. The summed E-state index contributed by atoms with van der Waals surface area (Å²) in [6.07, 6.45) is 3.52. The van der Waals surface area contributed by atoms with Gasteiger partial charge in [0, 0.05) is 49.2 Å². The lowest BCUT2D eigenvalue weighted by molar-refractivity contribution is -0.158. The third-order valence-electron chi connectivity index (χ3n) is 8.42. The molecular weight excluding hydrogens is 590 g/mol. The largest absolute Gasteiger partial charge is 0.497 e. The van der Waals surface area contributed by atoms with Gasteiger partial charge in [0.2, 0.25) is 5.91 Å². The SMILES string of the molecule is COc1ccc(CCCC(=O)N2CCC3(CC2)OC(=O)C(c2cc(Cl)c(-c4cccc(S(C)(=O)=O)c4)cc2C)C3=O)cc1. The van der Waals surface area contributed by atoms with Crippen molar-refractivity contribution in [1.82, 2.24) is 4.90 Å². The number of likely N-dealkylation sites (tertiary alicyclic amines) is 1. The number of ketones is 1. The average molecular weight is 624 g/mol. The van der Waals surface area contributed by atoms with Gasteiger partial charge in [0.05, 0.1) is 12.0 Å². The average Bonchev–Trinajstić information content (AvgIpc) is 3.22. The smallest absolute Gasteiger partial charge is 0.322 e. The van der Waals surface area contributed by atoms with E-state index >= 15 is 0 Å². The van der Waals surface area contributed by atoms with Gasteiger partial charge in [-0.05, 0) is 78.4 Å². The molecule has 0 aromatic heterocycles. The molecule has 43 heavy (non-hydrogen) atoms. The fourth-order valence-electron chi connectivity index (χ4n) is 5.92. The van der Waals surface area contributed by atoms with Crippen LogP contribution < -0.4 is 4.74 Å². The van der Waals surface area contributed by atoms with Crippen molar-refractivity contribution in [3.05, 3.63) is 82.4 Å². The van der Waals surface area contributed by atoms with E-state index in [0.29, 0.717) is 53.2 Å². The van der Waals surface area contributed by atoms with Crippen molar-refractivity contribution in [1.29, 1.82) is 0 Å².